The molecule has 1 aromatic carbocycles. The summed E-state index contributed by atoms with van der Waals surface area (Å²) in [5.74, 6) is -0.932. The normalized spacial score (nSPS) is 18.1. The average molecular weight is 523 g/mol. The number of carbonyl (C=O) groups is 2. The lowest BCUT2D eigenvalue weighted by molar-refractivity contribution is -0.123. The number of carboxylic acid groups (broad SMARTS) is 1. The molecule has 1 saturated heterocycles. The van der Waals surface area contributed by atoms with Crippen LogP contribution in [0.15, 0.2) is 42.1 Å². The van der Waals surface area contributed by atoms with E-state index in [0.29, 0.717) is 40.2 Å². The number of hydrogen-bond acceptors (Lipinski definition) is 5. The van der Waals surface area contributed by atoms with Crippen molar-refractivity contribution in [2.45, 2.75) is 54.0 Å². The van der Waals surface area contributed by atoms with Crippen molar-refractivity contribution in [1.29, 1.82) is 0 Å². The summed E-state index contributed by atoms with van der Waals surface area (Å²) in [6.07, 6.45) is 2.17. The van der Waals surface area contributed by atoms with Gasteiger partial charge in [0.05, 0.1) is 29.9 Å². The fourth-order valence-corrected chi connectivity index (χ4v) is 5.16. The number of rotatable bonds is 6. The van der Waals surface area contributed by atoms with Gasteiger partial charge in [-0.3, -0.25) is 9.48 Å². The summed E-state index contributed by atoms with van der Waals surface area (Å²) in [4.78, 5) is 30.5. The number of imide groups is 1. The molecule has 3 aromatic rings. The zero-order chi connectivity index (χ0) is 27.9. The van der Waals surface area contributed by atoms with Crippen molar-refractivity contribution in [3.63, 3.8) is 0 Å². The number of likely N-dealkylation sites (tertiary alicyclic amines) is 1. The molecule has 0 saturated carbocycles. The molecule has 202 valence electrons. The van der Waals surface area contributed by atoms with E-state index in [-0.39, 0.29) is 35.5 Å². The number of benzene rings is 1. The Morgan fingerprint density at radius 3 is 2.58 bits per heavy atom. The summed E-state index contributed by atoms with van der Waals surface area (Å²) in [5.41, 5.74) is 2.79. The molecule has 9 heteroatoms. The van der Waals surface area contributed by atoms with E-state index in [2.05, 4.69) is 5.10 Å². The maximum Gasteiger partial charge on any atom is 0.414 e. The number of carbonyl (C=O) groups excluding carboxylic acids is 1. The number of methoxy groups -OCH3 is 1. The Hall–Kier alpha value is -3.75. The molecule has 2 amide bonds. The van der Waals surface area contributed by atoms with E-state index in [4.69, 9.17) is 9.72 Å². The molecule has 0 bridgehead atoms. The number of allylic oxidation sites excluding steroid dienone is 1. The molecule has 2 aromatic heterocycles. The van der Waals surface area contributed by atoms with E-state index in [9.17, 15) is 19.1 Å². The molecule has 2 atom stereocenters. The van der Waals surface area contributed by atoms with Gasteiger partial charge in [-0.15, -0.1) is 0 Å². The molecular formula is C29H35FN4O4. The van der Waals surface area contributed by atoms with Crippen LogP contribution in [0.2, 0.25) is 0 Å². The first-order valence-corrected chi connectivity index (χ1v) is 12.8. The van der Waals surface area contributed by atoms with Crippen LogP contribution in [0, 0.1) is 23.1 Å². The van der Waals surface area contributed by atoms with Gasteiger partial charge in [0, 0.05) is 41.6 Å². The highest BCUT2D eigenvalue weighted by molar-refractivity contribution is 6.04. The molecule has 3 heterocycles. The SMILES string of the molecule is CCn1ncc2c(F)cc(-c3ccc(C(C=C4C(=O)N(C(=O)O)CC4C(C)(C)C)C(C)C)c(OC)n3)cc21. The van der Waals surface area contributed by atoms with Crippen LogP contribution in [0.1, 0.15) is 53.0 Å². The quantitative estimate of drug-likeness (QED) is 0.392. The topological polar surface area (TPSA) is 97.6 Å². The van der Waals surface area contributed by atoms with Crippen LogP contribution < -0.4 is 4.74 Å². The number of amides is 2. The van der Waals surface area contributed by atoms with Crippen molar-refractivity contribution in [2.75, 3.05) is 13.7 Å². The van der Waals surface area contributed by atoms with E-state index >= 15 is 0 Å². The number of halogens is 1. The van der Waals surface area contributed by atoms with E-state index in [1.165, 1.54) is 19.4 Å². The third-order valence-electron chi connectivity index (χ3n) is 7.34. The fourth-order valence-electron chi connectivity index (χ4n) is 5.16. The van der Waals surface area contributed by atoms with Gasteiger partial charge in [-0.2, -0.15) is 5.10 Å². The highest BCUT2D eigenvalue weighted by Gasteiger charge is 2.44. The Morgan fingerprint density at radius 2 is 2.00 bits per heavy atom. The third kappa shape index (κ3) is 4.89. The maximum atomic E-state index is 14.9. The molecule has 0 radical (unpaired) electrons. The number of aromatic nitrogens is 3. The minimum absolute atomic E-state index is 0.0593. The predicted molar refractivity (Wildman–Crippen MR) is 143 cm³/mol. The molecule has 8 nitrogen and oxygen atoms in total. The lowest BCUT2D eigenvalue weighted by atomic mass is 9.75. The van der Waals surface area contributed by atoms with Crippen molar-refractivity contribution in [3.8, 4) is 17.1 Å². The largest absolute Gasteiger partial charge is 0.481 e. The standard InChI is InChI=1S/C29H35FN4O4/c1-8-34-25-12-17(11-23(30)21(25)14-31-34)24-10-9-18(26(32-24)38-7)19(16(2)3)13-20-22(29(4,5)6)15-33(27(20)35)28(36)37/h9-14,16,19,22H,8,15H2,1-7H3,(H,36,37). The fraction of sp³-hybridized carbons (Fsp3) is 0.448. The van der Waals surface area contributed by atoms with Gasteiger partial charge in [-0.1, -0.05) is 46.8 Å². The van der Waals surface area contributed by atoms with Crippen LogP contribution in [-0.2, 0) is 11.3 Å². The van der Waals surface area contributed by atoms with E-state index in [1.807, 2.05) is 65.8 Å². The molecule has 0 spiro atoms. The smallest absolute Gasteiger partial charge is 0.414 e. The first kappa shape index (κ1) is 27.3. The second kappa shape index (κ2) is 10.2. The van der Waals surface area contributed by atoms with Crippen molar-refractivity contribution in [3.05, 3.63) is 53.5 Å². The molecule has 1 N–H and O–H groups in total. The zero-order valence-electron chi connectivity index (χ0n) is 22.9. The van der Waals surface area contributed by atoms with Crippen LogP contribution in [0.5, 0.6) is 5.88 Å². The van der Waals surface area contributed by atoms with E-state index < -0.39 is 12.0 Å². The number of ether oxygens (including phenoxy) is 1. The molecular weight excluding hydrogens is 487 g/mol. The highest BCUT2D eigenvalue weighted by Crippen LogP contribution is 2.42. The van der Waals surface area contributed by atoms with Crippen LogP contribution in [0.4, 0.5) is 9.18 Å². The first-order valence-electron chi connectivity index (χ1n) is 12.8. The molecule has 1 aliphatic rings. The van der Waals surface area contributed by atoms with Crippen molar-refractivity contribution in [2.24, 2.45) is 17.3 Å². The molecule has 1 fully saturated rings. The summed E-state index contributed by atoms with van der Waals surface area (Å²) < 4.78 is 22.3. The number of hydrogen-bond donors (Lipinski definition) is 1. The van der Waals surface area contributed by atoms with E-state index in [1.54, 1.807) is 4.68 Å². The third-order valence-corrected chi connectivity index (χ3v) is 7.34. The van der Waals surface area contributed by atoms with Crippen LogP contribution in [0.3, 0.4) is 0 Å². The van der Waals surface area contributed by atoms with Crippen molar-refractivity contribution >= 4 is 22.9 Å². The Kier molecular flexibility index (Phi) is 7.32. The summed E-state index contributed by atoms with van der Waals surface area (Å²) >= 11 is 0. The van der Waals surface area contributed by atoms with Crippen LogP contribution in [0.25, 0.3) is 22.2 Å². The van der Waals surface area contributed by atoms with Crippen molar-refractivity contribution < 1.29 is 23.8 Å². The Bertz CT molecular complexity index is 1420. The zero-order valence-corrected chi connectivity index (χ0v) is 22.9. The lowest BCUT2D eigenvalue weighted by Gasteiger charge is -2.28. The minimum Gasteiger partial charge on any atom is -0.481 e. The molecule has 4 rings (SSSR count). The maximum absolute atomic E-state index is 14.9. The number of fused-ring (bicyclic) bond motifs is 1. The van der Waals surface area contributed by atoms with Gasteiger partial charge in [0.2, 0.25) is 5.88 Å². The van der Waals surface area contributed by atoms with Crippen LogP contribution >= 0.6 is 0 Å². The monoisotopic (exact) mass is 522 g/mol. The summed E-state index contributed by atoms with van der Waals surface area (Å²) in [6.45, 7) is 12.8. The first-order chi connectivity index (χ1) is 17.9. The number of aryl methyl sites for hydroxylation is 1. The number of nitrogens with zero attached hydrogens (tertiary/aromatic N) is 4. The van der Waals surface area contributed by atoms with Gasteiger partial charge in [0.1, 0.15) is 5.82 Å². The second-order valence-corrected chi connectivity index (χ2v) is 11.2. The Labute approximate surface area is 222 Å². The van der Waals surface area contributed by atoms with Gasteiger partial charge in [0.25, 0.3) is 5.91 Å². The molecule has 1 aliphatic heterocycles. The molecule has 2 unspecified atom stereocenters. The predicted octanol–water partition coefficient (Wildman–Crippen LogP) is 6.11. The lowest BCUT2D eigenvalue weighted by Crippen LogP contribution is -2.32. The van der Waals surface area contributed by atoms with Crippen molar-refractivity contribution in [1.82, 2.24) is 19.7 Å². The summed E-state index contributed by atoms with van der Waals surface area (Å²) in [6, 6.07) is 7.02. The van der Waals surface area contributed by atoms with Crippen LogP contribution in [-0.4, -0.2) is 50.4 Å². The minimum atomic E-state index is -1.24. The Balaban J connectivity index is 1.80. The van der Waals surface area contributed by atoms with Gasteiger partial charge in [-0.05, 0) is 36.5 Å². The van der Waals surface area contributed by atoms with Gasteiger partial charge in [0.15, 0.2) is 0 Å². The van der Waals surface area contributed by atoms with Gasteiger partial charge < -0.3 is 9.84 Å². The Morgan fingerprint density at radius 1 is 1.29 bits per heavy atom. The average Bonchev–Trinajstić information content (AvgIpc) is 3.43. The van der Waals surface area contributed by atoms with Gasteiger partial charge >= 0.3 is 6.09 Å². The number of pyridine rings is 1. The molecule has 38 heavy (non-hydrogen) atoms. The highest BCUT2D eigenvalue weighted by atomic mass is 19.1. The summed E-state index contributed by atoms with van der Waals surface area (Å²) in [7, 11) is 1.53. The van der Waals surface area contributed by atoms with Gasteiger partial charge in [-0.25, -0.2) is 19.1 Å². The summed E-state index contributed by atoms with van der Waals surface area (Å²) in [5, 5.41) is 14.3. The van der Waals surface area contributed by atoms with E-state index in [0.717, 1.165) is 10.5 Å². The molecule has 0 aliphatic carbocycles. The second-order valence-electron chi connectivity index (χ2n) is 11.2.